The van der Waals surface area contributed by atoms with Gasteiger partial charge in [0.2, 0.25) is 0 Å². The Balaban J connectivity index is 1.84. The molecule has 0 N–H and O–H groups in total. The van der Waals surface area contributed by atoms with Crippen molar-refractivity contribution in [2.24, 2.45) is 5.92 Å². The fraction of sp³-hybridized carbons (Fsp3) is 0.500. The summed E-state index contributed by atoms with van der Waals surface area (Å²) in [5.41, 5.74) is 1.16. The van der Waals surface area contributed by atoms with Crippen LogP contribution in [-0.4, -0.2) is 34.9 Å². The number of benzene rings is 1. The summed E-state index contributed by atoms with van der Waals surface area (Å²) < 4.78 is 22.4. The quantitative estimate of drug-likeness (QED) is 0.769. The monoisotopic (exact) mass is 282 g/mol. The number of ether oxygens (including phenoxy) is 2. The highest BCUT2D eigenvalue weighted by molar-refractivity contribution is 7.85. The predicted octanol–water partition coefficient (Wildman–Crippen LogP) is 1.55. The van der Waals surface area contributed by atoms with E-state index >= 15 is 0 Å². The third kappa shape index (κ3) is 3.56. The first-order chi connectivity index (χ1) is 9.10. The van der Waals surface area contributed by atoms with E-state index in [-0.39, 0.29) is 18.0 Å². The van der Waals surface area contributed by atoms with E-state index in [1.54, 1.807) is 6.92 Å². The van der Waals surface area contributed by atoms with Gasteiger partial charge in [0, 0.05) is 23.0 Å². The summed E-state index contributed by atoms with van der Waals surface area (Å²) >= 11 is 0. The van der Waals surface area contributed by atoms with E-state index in [2.05, 4.69) is 4.74 Å². The molecule has 5 heteroatoms. The number of rotatable bonds is 5. The van der Waals surface area contributed by atoms with Crippen molar-refractivity contribution in [3.8, 4) is 5.75 Å². The molecule has 1 heterocycles. The molecule has 0 saturated carbocycles. The maximum atomic E-state index is 12.0. The number of esters is 1. The second kappa shape index (κ2) is 6.19. The maximum Gasteiger partial charge on any atom is 0.309 e. The van der Waals surface area contributed by atoms with Crippen LogP contribution in [0.25, 0.3) is 0 Å². The third-order valence-corrected chi connectivity index (χ3v) is 4.74. The average molecular weight is 282 g/mol. The molecule has 0 fully saturated rings. The van der Waals surface area contributed by atoms with Crippen LogP contribution in [0.4, 0.5) is 0 Å². The van der Waals surface area contributed by atoms with E-state index in [9.17, 15) is 9.00 Å². The molecule has 0 bridgehead atoms. The van der Waals surface area contributed by atoms with Gasteiger partial charge in [0.25, 0.3) is 0 Å². The van der Waals surface area contributed by atoms with E-state index in [1.807, 2.05) is 24.3 Å². The second-order valence-electron chi connectivity index (χ2n) is 4.75. The zero-order valence-corrected chi connectivity index (χ0v) is 11.9. The molecule has 0 saturated heterocycles. The highest BCUT2D eigenvalue weighted by Crippen LogP contribution is 2.28. The topological polar surface area (TPSA) is 52.6 Å². The first kappa shape index (κ1) is 14.1. The van der Waals surface area contributed by atoms with Gasteiger partial charge >= 0.3 is 5.97 Å². The Bertz CT molecular complexity index is 461. The van der Waals surface area contributed by atoms with Gasteiger partial charge in [0.15, 0.2) is 0 Å². The Morgan fingerprint density at radius 1 is 1.53 bits per heavy atom. The van der Waals surface area contributed by atoms with Crippen LogP contribution in [0.1, 0.15) is 12.5 Å². The van der Waals surface area contributed by atoms with Gasteiger partial charge in [-0.3, -0.25) is 9.00 Å². The molecule has 1 aromatic carbocycles. The number of carbonyl (C=O) groups excluding carboxylic acids is 1. The second-order valence-corrected chi connectivity index (χ2v) is 6.30. The molecule has 3 atom stereocenters. The normalized spacial score (nSPS) is 20.2. The van der Waals surface area contributed by atoms with Gasteiger partial charge in [0.1, 0.15) is 11.9 Å². The van der Waals surface area contributed by atoms with E-state index in [0.29, 0.717) is 11.5 Å². The number of para-hydroxylation sites is 1. The molecule has 0 aliphatic carbocycles. The number of methoxy groups -OCH3 is 1. The summed E-state index contributed by atoms with van der Waals surface area (Å²) in [6.45, 7) is 1.73. The van der Waals surface area contributed by atoms with E-state index in [1.165, 1.54) is 7.11 Å². The zero-order valence-electron chi connectivity index (χ0n) is 11.1. The molecule has 4 nitrogen and oxygen atoms in total. The van der Waals surface area contributed by atoms with Crippen LogP contribution in [-0.2, 0) is 26.8 Å². The van der Waals surface area contributed by atoms with Crippen LogP contribution in [0.5, 0.6) is 5.75 Å². The maximum absolute atomic E-state index is 12.0. The largest absolute Gasteiger partial charge is 0.489 e. The molecule has 0 spiro atoms. The summed E-state index contributed by atoms with van der Waals surface area (Å²) in [5.74, 6) is 1.00. The highest BCUT2D eigenvalue weighted by atomic mass is 32.2. The Hall–Kier alpha value is -1.36. The third-order valence-electron chi connectivity index (χ3n) is 3.13. The molecule has 0 radical (unpaired) electrons. The van der Waals surface area contributed by atoms with E-state index < -0.39 is 10.8 Å². The van der Waals surface area contributed by atoms with Crippen molar-refractivity contribution in [1.82, 2.24) is 0 Å². The van der Waals surface area contributed by atoms with Crippen molar-refractivity contribution in [3.63, 3.8) is 0 Å². The fourth-order valence-electron chi connectivity index (χ4n) is 2.17. The number of fused-ring (bicyclic) bond motifs is 1. The standard InChI is InChI=1S/C14H18O4S/c1-10(14(15)17-2)8-19(16)9-12-7-11-5-3-4-6-13(11)18-12/h3-6,10,12H,7-9H2,1-2H3. The van der Waals surface area contributed by atoms with Crippen LogP contribution in [0.2, 0.25) is 0 Å². The van der Waals surface area contributed by atoms with Crippen molar-refractivity contribution in [2.75, 3.05) is 18.6 Å². The minimum absolute atomic E-state index is 0.0527. The number of hydrogen-bond donors (Lipinski definition) is 0. The van der Waals surface area contributed by atoms with Gasteiger partial charge in [-0.25, -0.2) is 0 Å². The van der Waals surface area contributed by atoms with Gasteiger partial charge in [0.05, 0.1) is 18.8 Å². The highest BCUT2D eigenvalue weighted by Gasteiger charge is 2.25. The molecule has 104 valence electrons. The molecule has 1 aliphatic rings. The molecular weight excluding hydrogens is 264 g/mol. The van der Waals surface area contributed by atoms with E-state index in [0.717, 1.165) is 17.7 Å². The van der Waals surface area contributed by atoms with E-state index in [4.69, 9.17) is 4.74 Å². The van der Waals surface area contributed by atoms with Gasteiger partial charge in [-0.05, 0) is 11.6 Å². The van der Waals surface area contributed by atoms with Crippen molar-refractivity contribution in [3.05, 3.63) is 29.8 Å². The Morgan fingerprint density at radius 2 is 2.26 bits per heavy atom. The molecular formula is C14H18O4S. The molecule has 1 aliphatic heterocycles. The van der Waals surface area contributed by atoms with Crippen LogP contribution in [0.15, 0.2) is 24.3 Å². The lowest BCUT2D eigenvalue weighted by Gasteiger charge is -2.12. The SMILES string of the molecule is COC(=O)C(C)CS(=O)CC1Cc2ccccc2O1. The van der Waals surface area contributed by atoms with Crippen molar-refractivity contribution in [1.29, 1.82) is 0 Å². The van der Waals surface area contributed by atoms with Crippen LogP contribution < -0.4 is 4.74 Å². The number of hydrogen-bond acceptors (Lipinski definition) is 4. The smallest absolute Gasteiger partial charge is 0.309 e. The lowest BCUT2D eigenvalue weighted by molar-refractivity contribution is -0.144. The van der Waals surface area contributed by atoms with Crippen LogP contribution >= 0.6 is 0 Å². The van der Waals surface area contributed by atoms with Crippen molar-refractivity contribution < 1.29 is 18.5 Å². The molecule has 19 heavy (non-hydrogen) atoms. The Kier molecular flexibility index (Phi) is 4.58. The molecule has 0 amide bonds. The summed E-state index contributed by atoms with van der Waals surface area (Å²) in [5, 5.41) is 0. The zero-order chi connectivity index (χ0) is 13.8. The van der Waals surface area contributed by atoms with Crippen LogP contribution in [0.3, 0.4) is 0 Å². The minimum atomic E-state index is -1.08. The lowest BCUT2D eigenvalue weighted by Crippen LogP contribution is -2.27. The summed E-state index contributed by atoms with van der Waals surface area (Å²) in [4.78, 5) is 11.3. The minimum Gasteiger partial charge on any atom is -0.489 e. The molecule has 0 aromatic heterocycles. The summed E-state index contributed by atoms with van der Waals surface area (Å²) in [7, 11) is 0.269. The average Bonchev–Trinajstić information content (AvgIpc) is 2.79. The molecule has 2 rings (SSSR count). The van der Waals surface area contributed by atoms with Gasteiger partial charge in [-0.2, -0.15) is 0 Å². The Morgan fingerprint density at radius 3 is 2.95 bits per heavy atom. The van der Waals surface area contributed by atoms with Crippen molar-refractivity contribution in [2.45, 2.75) is 19.4 Å². The fourth-order valence-corrected chi connectivity index (χ4v) is 3.60. The van der Waals surface area contributed by atoms with Crippen LogP contribution in [0, 0.1) is 5.92 Å². The van der Waals surface area contributed by atoms with Crippen molar-refractivity contribution >= 4 is 16.8 Å². The van der Waals surface area contributed by atoms with Gasteiger partial charge in [-0.1, -0.05) is 25.1 Å². The summed E-state index contributed by atoms with van der Waals surface area (Å²) in [6, 6.07) is 7.85. The first-order valence-corrected chi connectivity index (χ1v) is 7.76. The van der Waals surface area contributed by atoms with Gasteiger partial charge in [-0.15, -0.1) is 0 Å². The summed E-state index contributed by atoms with van der Waals surface area (Å²) in [6.07, 6.45) is 0.734. The Labute approximate surface area is 115 Å². The van der Waals surface area contributed by atoms with Gasteiger partial charge < -0.3 is 9.47 Å². The first-order valence-electron chi connectivity index (χ1n) is 6.27. The molecule has 3 unspecified atom stereocenters. The lowest BCUT2D eigenvalue weighted by atomic mass is 10.1. The number of carbonyl (C=O) groups is 1. The molecule has 1 aromatic rings. The predicted molar refractivity (Wildman–Crippen MR) is 73.6 cm³/mol.